The molecule has 0 radical (unpaired) electrons. The normalized spacial score (nSPS) is 12.6. The molecule has 1 unspecified atom stereocenters. The van der Waals surface area contributed by atoms with E-state index in [1.807, 2.05) is 29.0 Å². The van der Waals surface area contributed by atoms with Crippen LogP contribution in [0.1, 0.15) is 24.2 Å². The second-order valence-corrected chi connectivity index (χ2v) is 3.83. The van der Waals surface area contributed by atoms with Crippen LogP contribution < -0.4 is 0 Å². The Hall–Kier alpha value is -1.61. The summed E-state index contributed by atoms with van der Waals surface area (Å²) in [5, 5.41) is 10.2. The molecule has 2 rings (SSSR count). The lowest BCUT2D eigenvalue weighted by Crippen LogP contribution is -2.09. The van der Waals surface area contributed by atoms with E-state index in [1.54, 1.807) is 12.5 Å². The Bertz CT molecular complexity index is 437. The monoisotopic (exact) mass is 216 g/mol. The van der Waals surface area contributed by atoms with Crippen molar-refractivity contribution in [1.29, 1.82) is 0 Å². The molecular formula is C13H16N2O. The zero-order valence-corrected chi connectivity index (χ0v) is 9.37. The molecule has 3 nitrogen and oxygen atoms in total. The number of aliphatic hydroxyl groups is 1. The van der Waals surface area contributed by atoms with Crippen molar-refractivity contribution in [1.82, 2.24) is 9.55 Å². The summed E-state index contributed by atoms with van der Waals surface area (Å²) in [4.78, 5) is 3.96. The second-order valence-electron chi connectivity index (χ2n) is 3.83. The summed E-state index contributed by atoms with van der Waals surface area (Å²) in [6.07, 6.45) is 5.77. The first kappa shape index (κ1) is 10.9. The largest absolute Gasteiger partial charge is 0.387 e. The van der Waals surface area contributed by atoms with E-state index in [-0.39, 0.29) is 0 Å². The first-order valence-electron chi connectivity index (χ1n) is 5.53. The number of benzene rings is 1. The van der Waals surface area contributed by atoms with E-state index in [4.69, 9.17) is 0 Å². The molecule has 1 N–H and O–H groups in total. The minimum Gasteiger partial charge on any atom is -0.387 e. The maximum absolute atomic E-state index is 10.2. The van der Waals surface area contributed by atoms with Crippen LogP contribution in [0.25, 0.3) is 0 Å². The van der Waals surface area contributed by atoms with E-state index in [9.17, 15) is 5.11 Å². The van der Waals surface area contributed by atoms with Gasteiger partial charge in [0.25, 0.3) is 0 Å². The molecule has 0 spiro atoms. The minimum absolute atomic E-state index is 0.467. The molecule has 0 fully saturated rings. The van der Waals surface area contributed by atoms with E-state index in [0.717, 1.165) is 12.0 Å². The summed E-state index contributed by atoms with van der Waals surface area (Å²) in [6.45, 7) is 2.65. The van der Waals surface area contributed by atoms with Gasteiger partial charge in [-0.15, -0.1) is 0 Å². The Morgan fingerprint density at radius 1 is 1.38 bits per heavy atom. The summed E-state index contributed by atoms with van der Waals surface area (Å²) in [5.41, 5.74) is 2.22. The van der Waals surface area contributed by atoms with Gasteiger partial charge in [0.2, 0.25) is 0 Å². The highest BCUT2D eigenvalue weighted by Gasteiger charge is 2.11. The van der Waals surface area contributed by atoms with Crippen molar-refractivity contribution in [2.75, 3.05) is 0 Å². The SMILES string of the molecule is CCc1ccccc1C(O)Cn1ccnc1. The molecule has 16 heavy (non-hydrogen) atoms. The van der Waals surface area contributed by atoms with E-state index >= 15 is 0 Å². The molecule has 1 atom stereocenters. The molecule has 0 aliphatic rings. The summed E-state index contributed by atoms with van der Waals surface area (Å²) < 4.78 is 1.89. The van der Waals surface area contributed by atoms with Crippen LogP contribution in [0.4, 0.5) is 0 Å². The lowest BCUT2D eigenvalue weighted by molar-refractivity contribution is 0.155. The molecule has 84 valence electrons. The number of hydrogen-bond donors (Lipinski definition) is 1. The van der Waals surface area contributed by atoms with Crippen LogP contribution in [0.2, 0.25) is 0 Å². The standard InChI is InChI=1S/C13H16N2O/c1-2-11-5-3-4-6-12(11)13(16)9-15-8-7-14-10-15/h3-8,10,13,16H,2,9H2,1H3. The first-order chi connectivity index (χ1) is 7.81. The number of rotatable bonds is 4. The van der Waals surface area contributed by atoms with Crippen LogP contribution in [0.3, 0.4) is 0 Å². The fourth-order valence-electron chi connectivity index (χ4n) is 1.87. The van der Waals surface area contributed by atoms with E-state index in [0.29, 0.717) is 6.54 Å². The molecule has 1 aromatic heterocycles. The van der Waals surface area contributed by atoms with Crippen molar-refractivity contribution >= 4 is 0 Å². The van der Waals surface area contributed by atoms with Crippen LogP contribution in [-0.2, 0) is 13.0 Å². The van der Waals surface area contributed by atoms with Gasteiger partial charge >= 0.3 is 0 Å². The number of imidazole rings is 1. The van der Waals surface area contributed by atoms with Crippen molar-refractivity contribution < 1.29 is 5.11 Å². The average molecular weight is 216 g/mol. The Morgan fingerprint density at radius 2 is 2.19 bits per heavy atom. The van der Waals surface area contributed by atoms with Gasteiger partial charge in [0.05, 0.1) is 19.0 Å². The molecule has 2 aromatic rings. The fraction of sp³-hybridized carbons (Fsp3) is 0.308. The van der Waals surface area contributed by atoms with Gasteiger partial charge in [-0.2, -0.15) is 0 Å². The van der Waals surface area contributed by atoms with Crippen LogP contribution >= 0.6 is 0 Å². The Morgan fingerprint density at radius 3 is 2.88 bits per heavy atom. The van der Waals surface area contributed by atoms with E-state index in [1.165, 1.54) is 5.56 Å². The number of nitrogens with zero attached hydrogens (tertiary/aromatic N) is 2. The van der Waals surface area contributed by atoms with Gasteiger partial charge in [0.15, 0.2) is 0 Å². The Labute approximate surface area is 95.4 Å². The average Bonchev–Trinajstić information content (AvgIpc) is 2.81. The predicted molar refractivity (Wildman–Crippen MR) is 63.0 cm³/mol. The molecule has 0 saturated carbocycles. The van der Waals surface area contributed by atoms with E-state index < -0.39 is 6.10 Å². The molecule has 1 aromatic carbocycles. The van der Waals surface area contributed by atoms with Crippen molar-refractivity contribution in [2.45, 2.75) is 26.0 Å². The molecule has 3 heteroatoms. The van der Waals surface area contributed by atoms with E-state index in [2.05, 4.69) is 18.0 Å². The van der Waals surface area contributed by atoms with Crippen molar-refractivity contribution in [3.8, 4) is 0 Å². The first-order valence-corrected chi connectivity index (χ1v) is 5.53. The van der Waals surface area contributed by atoms with Crippen LogP contribution in [0.5, 0.6) is 0 Å². The zero-order chi connectivity index (χ0) is 11.4. The highest BCUT2D eigenvalue weighted by atomic mass is 16.3. The van der Waals surface area contributed by atoms with Gasteiger partial charge in [-0.05, 0) is 17.5 Å². The topological polar surface area (TPSA) is 38.0 Å². The predicted octanol–water partition coefficient (Wildman–Crippen LogP) is 2.18. The summed E-state index contributed by atoms with van der Waals surface area (Å²) in [7, 11) is 0. The third-order valence-electron chi connectivity index (χ3n) is 2.74. The van der Waals surface area contributed by atoms with Crippen LogP contribution in [0.15, 0.2) is 43.0 Å². The third-order valence-corrected chi connectivity index (χ3v) is 2.74. The van der Waals surface area contributed by atoms with Crippen LogP contribution in [0, 0.1) is 0 Å². The third kappa shape index (κ3) is 2.31. The smallest absolute Gasteiger partial charge is 0.0971 e. The van der Waals surface area contributed by atoms with Gasteiger partial charge in [-0.1, -0.05) is 31.2 Å². The number of hydrogen-bond acceptors (Lipinski definition) is 2. The fourth-order valence-corrected chi connectivity index (χ4v) is 1.87. The number of aliphatic hydroxyl groups excluding tert-OH is 1. The number of aromatic nitrogens is 2. The lowest BCUT2D eigenvalue weighted by Gasteiger charge is -2.15. The molecule has 0 bridgehead atoms. The number of aryl methyl sites for hydroxylation is 1. The zero-order valence-electron chi connectivity index (χ0n) is 9.37. The second kappa shape index (κ2) is 4.94. The molecule has 0 aliphatic heterocycles. The quantitative estimate of drug-likeness (QED) is 0.850. The molecule has 0 amide bonds. The highest BCUT2D eigenvalue weighted by Crippen LogP contribution is 2.19. The van der Waals surface area contributed by atoms with Gasteiger partial charge < -0.3 is 9.67 Å². The van der Waals surface area contributed by atoms with Crippen molar-refractivity contribution in [3.63, 3.8) is 0 Å². The van der Waals surface area contributed by atoms with Gasteiger partial charge in [0.1, 0.15) is 0 Å². The minimum atomic E-state index is -0.467. The van der Waals surface area contributed by atoms with Crippen molar-refractivity contribution in [2.24, 2.45) is 0 Å². The summed E-state index contributed by atoms with van der Waals surface area (Å²) >= 11 is 0. The summed E-state index contributed by atoms with van der Waals surface area (Å²) in [6, 6.07) is 8.02. The maximum Gasteiger partial charge on any atom is 0.0971 e. The van der Waals surface area contributed by atoms with Gasteiger partial charge in [0, 0.05) is 12.4 Å². The highest BCUT2D eigenvalue weighted by molar-refractivity contribution is 5.28. The molecule has 0 saturated heterocycles. The lowest BCUT2D eigenvalue weighted by atomic mass is 10.0. The molecule has 1 heterocycles. The van der Waals surface area contributed by atoms with Crippen molar-refractivity contribution in [3.05, 3.63) is 54.1 Å². The maximum atomic E-state index is 10.2. The molecule has 0 aliphatic carbocycles. The van der Waals surface area contributed by atoms with Gasteiger partial charge in [-0.25, -0.2) is 4.98 Å². The summed E-state index contributed by atoms with van der Waals surface area (Å²) in [5.74, 6) is 0. The van der Waals surface area contributed by atoms with Crippen LogP contribution in [-0.4, -0.2) is 14.7 Å². The van der Waals surface area contributed by atoms with Gasteiger partial charge in [-0.3, -0.25) is 0 Å². The molecular weight excluding hydrogens is 200 g/mol. The Balaban J connectivity index is 2.17. The Kier molecular flexibility index (Phi) is 3.37.